The van der Waals surface area contributed by atoms with E-state index in [9.17, 15) is 14.5 Å². The van der Waals surface area contributed by atoms with Crippen molar-refractivity contribution in [2.75, 3.05) is 5.32 Å². The fourth-order valence-corrected chi connectivity index (χ4v) is 1.89. The van der Waals surface area contributed by atoms with E-state index in [2.05, 4.69) is 10.3 Å². The Bertz CT molecular complexity index is 625. The molecule has 1 aromatic carbocycles. The van der Waals surface area contributed by atoms with Gasteiger partial charge in [0.15, 0.2) is 0 Å². The zero-order chi connectivity index (χ0) is 14.7. The van der Waals surface area contributed by atoms with Gasteiger partial charge in [0, 0.05) is 30.1 Å². The number of aromatic nitrogens is 2. The molecule has 0 fully saturated rings. The van der Waals surface area contributed by atoms with E-state index >= 15 is 0 Å². The second kappa shape index (κ2) is 5.68. The first kappa shape index (κ1) is 14.0. The number of imidazole rings is 1. The fourth-order valence-electron chi connectivity index (χ4n) is 1.89. The summed E-state index contributed by atoms with van der Waals surface area (Å²) in [5.74, 6) is -0.850. The Morgan fingerprint density at radius 2 is 2.25 bits per heavy atom. The standard InChI is InChI=1S/C13H15FN4O2/c1-9(2)17-8-15-6-11(17)7-16-10-3-4-13(18(19)20)12(14)5-10/h3-6,8-9,16H,7H2,1-2H3. The molecule has 0 unspecified atom stereocenters. The number of benzene rings is 1. The zero-order valence-electron chi connectivity index (χ0n) is 11.2. The molecule has 0 amide bonds. The van der Waals surface area contributed by atoms with Gasteiger partial charge in [0.05, 0.1) is 23.5 Å². The van der Waals surface area contributed by atoms with Gasteiger partial charge in [-0.3, -0.25) is 10.1 Å². The monoisotopic (exact) mass is 278 g/mol. The minimum Gasteiger partial charge on any atom is -0.379 e. The van der Waals surface area contributed by atoms with E-state index in [1.54, 1.807) is 12.5 Å². The third kappa shape index (κ3) is 2.93. The number of nitrogens with one attached hydrogen (secondary N) is 1. The van der Waals surface area contributed by atoms with E-state index in [-0.39, 0.29) is 6.04 Å². The molecule has 0 spiro atoms. The Hall–Kier alpha value is -2.44. The predicted molar refractivity (Wildman–Crippen MR) is 73.0 cm³/mol. The van der Waals surface area contributed by atoms with Crippen LogP contribution in [-0.4, -0.2) is 14.5 Å². The van der Waals surface area contributed by atoms with Gasteiger partial charge in [-0.15, -0.1) is 0 Å². The summed E-state index contributed by atoms with van der Waals surface area (Å²) in [4.78, 5) is 13.9. The van der Waals surface area contributed by atoms with Crippen LogP contribution in [0.3, 0.4) is 0 Å². The molecule has 2 rings (SSSR count). The van der Waals surface area contributed by atoms with Crippen molar-refractivity contribution in [1.82, 2.24) is 9.55 Å². The number of hydrogen-bond acceptors (Lipinski definition) is 4. The third-order valence-electron chi connectivity index (χ3n) is 2.92. The normalized spacial score (nSPS) is 10.8. The van der Waals surface area contributed by atoms with Crippen LogP contribution in [0, 0.1) is 15.9 Å². The van der Waals surface area contributed by atoms with Crippen LogP contribution in [0.2, 0.25) is 0 Å². The molecule has 1 N–H and O–H groups in total. The number of anilines is 1. The second-order valence-corrected chi connectivity index (χ2v) is 4.66. The van der Waals surface area contributed by atoms with Crippen molar-refractivity contribution in [3.8, 4) is 0 Å². The average molecular weight is 278 g/mol. The van der Waals surface area contributed by atoms with Crippen LogP contribution in [-0.2, 0) is 6.54 Å². The van der Waals surface area contributed by atoms with E-state index in [4.69, 9.17) is 0 Å². The van der Waals surface area contributed by atoms with Gasteiger partial charge in [0.2, 0.25) is 5.82 Å². The van der Waals surface area contributed by atoms with E-state index < -0.39 is 16.4 Å². The number of rotatable bonds is 5. The molecule has 0 aliphatic rings. The smallest absolute Gasteiger partial charge is 0.304 e. The first-order valence-corrected chi connectivity index (χ1v) is 6.17. The molecule has 0 saturated heterocycles. The first-order chi connectivity index (χ1) is 9.49. The molecule has 0 bridgehead atoms. The Morgan fingerprint density at radius 1 is 1.50 bits per heavy atom. The van der Waals surface area contributed by atoms with Gasteiger partial charge in [-0.05, 0) is 19.9 Å². The van der Waals surface area contributed by atoms with Crippen LogP contribution in [0.4, 0.5) is 15.8 Å². The minimum absolute atomic E-state index is 0.280. The van der Waals surface area contributed by atoms with E-state index in [0.29, 0.717) is 12.2 Å². The first-order valence-electron chi connectivity index (χ1n) is 6.17. The summed E-state index contributed by atoms with van der Waals surface area (Å²) < 4.78 is 15.5. The lowest BCUT2D eigenvalue weighted by atomic mass is 10.2. The van der Waals surface area contributed by atoms with Crippen LogP contribution < -0.4 is 5.32 Å². The quantitative estimate of drug-likeness (QED) is 0.673. The highest BCUT2D eigenvalue weighted by atomic mass is 19.1. The van der Waals surface area contributed by atoms with Gasteiger partial charge in [0.25, 0.3) is 0 Å². The Balaban J connectivity index is 2.09. The summed E-state index contributed by atoms with van der Waals surface area (Å²) >= 11 is 0. The molecule has 0 radical (unpaired) electrons. The Kier molecular flexibility index (Phi) is 3.97. The van der Waals surface area contributed by atoms with Crippen molar-refractivity contribution in [3.05, 3.63) is 52.3 Å². The highest BCUT2D eigenvalue weighted by Crippen LogP contribution is 2.21. The van der Waals surface area contributed by atoms with Crippen LogP contribution >= 0.6 is 0 Å². The lowest BCUT2D eigenvalue weighted by molar-refractivity contribution is -0.387. The Morgan fingerprint density at radius 3 is 2.85 bits per heavy atom. The lowest BCUT2D eigenvalue weighted by Crippen LogP contribution is -2.09. The van der Waals surface area contributed by atoms with Crippen LogP contribution in [0.15, 0.2) is 30.7 Å². The molecular formula is C13H15FN4O2. The molecule has 20 heavy (non-hydrogen) atoms. The van der Waals surface area contributed by atoms with Crippen LogP contribution in [0.25, 0.3) is 0 Å². The topological polar surface area (TPSA) is 73.0 Å². The number of nitrogens with zero attached hydrogens (tertiary/aromatic N) is 3. The summed E-state index contributed by atoms with van der Waals surface area (Å²) in [6.45, 7) is 4.54. The third-order valence-corrected chi connectivity index (χ3v) is 2.92. The molecule has 1 aromatic heterocycles. The van der Waals surface area contributed by atoms with Crippen molar-refractivity contribution < 1.29 is 9.31 Å². The van der Waals surface area contributed by atoms with Crippen molar-refractivity contribution in [1.29, 1.82) is 0 Å². The zero-order valence-corrected chi connectivity index (χ0v) is 11.2. The van der Waals surface area contributed by atoms with Gasteiger partial charge < -0.3 is 9.88 Å². The van der Waals surface area contributed by atoms with Gasteiger partial charge in [-0.1, -0.05) is 0 Å². The van der Waals surface area contributed by atoms with Crippen molar-refractivity contribution in [3.63, 3.8) is 0 Å². The number of nitro groups is 1. The molecule has 1 heterocycles. The average Bonchev–Trinajstić information content (AvgIpc) is 2.84. The summed E-state index contributed by atoms with van der Waals surface area (Å²) in [6.07, 6.45) is 3.47. The molecule has 6 nitrogen and oxygen atoms in total. The van der Waals surface area contributed by atoms with Gasteiger partial charge in [0.1, 0.15) is 0 Å². The SMILES string of the molecule is CC(C)n1cncc1CNc1ccc([N+](=O)[O-])c(F)c1. The maximum atomic E-state index is 13.5. The Labute approximate surface area is 115 Å². The highest BCUT2D eigenvalue weighted by molar-refractivity contribution is 5.49. The largest absolute Gasteiger partial charge is 0.379 e. The van der Waals surface area contributed by atoms with Crippen molar-refractivity contribution in [2.45, 2.75) is 26.4 Å². The molecule has 0 atom stereocenters. The van der Waals surface area contributed by atoms with Crippen molar-refractivity contribution >= 4 is 11.4 Å². The van der Waals surface area contributed by atoms with Crippen LogP contribution in [0.5, 0.6) is 0 Å². The second-order valence-electron chi connectivity index (χ2n) is 4.66. The van der Waals surface area contributed by atoms with Gasteiger partial charge in [-0.25, -0.2) is 4.98 Å². The van der Waals surface area contributed by atoms with Gasteiger partial charge >= 0.3 is 5.69 Å². The fraction of sp³-hybridized carbons (Fsp3) is 0.308. The number of halogens is 1. The molecular weight excluding hydrogens is 263 g/mol. The highest BCUT2D eigenvalue weighted by Gasteiger charge is 2.13. The molecule has 2 aromatic rings. The molecule has 0 saturated carbocycles. The van der Waals surface area contributed by atoms with E-state index in [1.807, 2.05) is 18.4 Å². The minimum atomic E-state index is -0.850. The molecule has 0 aliphatic carbocycles. The lowest BCUT2D eigenvalue weighted by Gasteiger charge is -2.12. The van der Waals surface area contributed by atoms with Crippen molar-refractivity contribution in [2.24, 2.45) is 0 Å². The van der Waals surface area contributed by atoms with E-state index in [1.165, 1.54) is 6.07 Å². The molecule has 106 valence electrons. The summed E-state index contributed by atoms with van der Waals surface area (Å²) in [5.41, 5.74) is 0.922. The summed E-state index contributed by atoms with van der Waals surface area (Å²) in [5, 5.41) is 13.6. The van der Waals surface area contributed by atoms with E-state index in [0.717, 1.165) is 17.8 Å². The van der Waals surface area contributed by atoms with Gasteiger partial charge in [-0.2, -0.15) is 4.39 Å². The number of nitro benzene ring substituents is 1. The van der Waals surface area contributed by atoms with Crippen LogP contribution in [0.1, 0.15) is 25.6 Å². The summed E-state index contributed by atoms with van der Waals surface area (Å²) in [6, 6.07) is 4.03. The molecule has 7 heteroatoms. The predicted octanol–water partition coefficient (Wildman–Crippen LogP) is 3.12. The summed E-state index contributed by atoms with van der Waals surface area (Å²) in [7, 11) is 0. The maximum Gasteiger partial charge on any atom is 0.304 e. The maximum absolute atomic E-state index is 13.5. The molecule has 0 aliphatic heterocycles. The number of hydrogen-bond donors (Lipinski definition) is 1.